The van der Waals surface area contributed by atoms with Crippen LogP contribution >= 0.6 is 0 Å². The summed E-state index contributed by atoms with van der Waals surface area (Å²) in [4.78, 5) is 26.4. The van der Waals surface area contributed by atoms with Gasteiger partial charge >= 0.3 is 0 Å². The van der Waals surface area contributed by atoms with Crippen molar-refractivity contribution in [2.45, 2.75) is 18.9 Å². The number of benzene rings is 3. The molecule has 3 aromatic carbocycles. The molecule has 1 unspecified atom stereocenters. The molecule has 1 amide bonds. The monoisotopic (exact) mass is 542 g/mol. The van der Waals surface area contributed by atoms with Crippen molar-refractivity contribution in [3.63, 3.8) is 0 Å². The number of methoxy groups -OCH3 is 1. The topological polar surface area (TPSA) is 98.9 Å². The minimum absolute atomic E-state index is 0.0272. The van der Waals surface area contributed by atoms with Crippen LogP contribution in [0.15, 0.2) is 79.0 Å². The lowest BCUT2D eigenvalue weighted by Gasteiger charge is -2.26. The summed E-state index contributed by atoms with van der Waals surface area (Å²) in [5.74, 6) is 0.481. The van der Waals surface area contributed by atoms with Gasteiger partial charge in [-0.1, -0.05) is 42.5 Å². The highest BCUT2D eigenvalue weighted by Gasteiger charge is 2.24. The van der Waals surface area contributed by atoms with Crippen LogP contribution < -0.4 is 10.1 Å². The summed E-state index contributed by atoms with van der Waals surface area (Å²) in [6.45, 7) is 5.17. The number of morpholine rings is 1. The minimum Gasteiger partial charge on any atom is -0.497 e. The number of nitrogens with one attached hydrogen (secondary N) is 1. The average molecular weight is 543 g/mol. The van der Waals surface area contributed by atoms with Gasteiger partial charge in [-0.3, -0.25) is 19.8 Å². The molecule has 0 bridgehead atoms. The first-order chi connectivity index (χ1) is 19.5. The van der Waals surface area contributed by atoms with E-state index in [1.807, 2.05) is 36.4 Å². The predicted octanol–water partition coefficient (Wildman–Crippen LogP) is 4.58. The zero-order valence-electron chi connectivity index (χ0n) is 22.6. The SMILES string of the molecule is COc1ccc(Cn2cc(C(CC(=O)NCCN3CCOCC3)c3ccc([N+](=O)[O-])cc3)c3ccccc32)cc1. The molecule has 0 aliphatic carbocycles. The molecule has 9 nitrogen and oxygen atoms in total. The Kier molecular flexibility index (Phi) is 8.73. The number of nitro benzene ring substituents is 1. The molecule has 4 aromatic rings. The number of carbonyl (C=O) groups excluding carboxylic acids is 1. The Morgan fingerprint density at radius 1 is 1.05 bits per heavy atom. The van der Waals surface area contributed by atoms with Gasteiger partial charge in [-0.15, -0.1) is 0 Å². The Bertz CT molecular complexity index is 1440. The van der Waals surface area contributed by atoms with Crippen LogP contribution in [0.2, 0.25) is 0 Å². The lowest BCUT2D eigenvalue weighted by molar-refractivity contribution is -0.384. The van der Waals surface area contributed by atoms with Gasteiger partial charge < -0.3 is 19.4 Å². The van der Waals surface area contributed by atoms with Gasteiger partial charge in [0, 0.05) is 74.3 Å². The van der Waals surface area contributed by atoms with Crippen molar-refractivity contribution in [3.05, 3.63) is 106 Å². The number of non-ortho nitro benzene ring substituents is 1. The van der Waals surface area contributed by atoms with E-state index in [-0.39, 0.29) is 23.9 Å². The standard InChI is InChI=1S/C31H34N4O5/c1-39-26-12-6-23(7-13-26)21-34-22-29(27-4-2-3-5-30(27)34)28(24-8-10-25(11-9-24)35(37)38)20-31(36)32-14-15-33-16-18-40-19-17-33/h2-13,22,28H,14-21H2,1H3,(H,32,36). The number of fused-ring (bicyclic) bond motifs is 1. The smallest absolute Gasteiger partial charge is 0.269 e. The third-order valence-electron chi connectivity index (χ3n) is 7.46. The second kappa shape index (κ2) is 12.8. The number of amides is 1. The summed E-state index contributed by atoms with van der Waals surface area (Å²) in [5, 5.41) is 15.4. The van der Waals surface area contributed by atoms with Crippen LogP contribution in [0.3, 0.4) is 0 Å². The van der Waals surface area contributed by atoms with Crippen LogP contribution in [0.5, 0.6) is 5.75 Å². The zero-order chi connectivity index (χ0) is 27.9. The highest BCUT2D eigenvalue weighted by Crippen LogP contribution is 2.36. The largest absolute Gasteiger partial charge is 0.497 e. The third-order valence-corrected chi connectivity index (χ3v) is 7.46. The molecule has 5 rings (SSSR count). The van der Waals surface area contributed by atoms with E-state index < -0.39 is 4.92 Å². The minimum atomic E-state index is -0.405. The molecular weight excluding hydrogens is 508 g/mol. The van der Waals surface area contributed by atoms with Crippen LogP contribution in [0.4, 0.5) is 5.69 Å². The van der Waals surface area contributed by atoms with Gasteiger partial charge in [0.25, 0.3) is 5.69 Å². The number of hydrogen-bond donors (Lipinski definition) is 1. The highest BCUT2D eigenvalue weighted by atomic mass is 16.6. The van der Waals surface area contributed by atoms with Crippen LogP contribution in [0.25, 0.3) is 10.9 Å². The van der Waals surface area contributed by atoms with E-state index in [9.17, 15) is 14.9 Å². The number of carbonyl (C=O) groups is 1. The van der Waals surface area contributed by atoms with Crippen LogP contribution in [0.1, 0.15) is 29.0 Å². The lowest BCUT2D eigenvalue weighted by Crippen LogP contribution is -2.41. The van der Waals surface area contributed by atoms with E-state index in [2.05, 4.69) is 33.1 Å². The number of rotatable bonds is 11. The van der Waals surface area contributed by atoms with E-state index in [1.165, 1.54) is 12.1 Å². The number of aromatic nitrogens is 1. The molecule has 1 aliphatic heterocycles. The normalized spacial score (nSPS) is 14.6. The summed E-state index contributed by atoms with van der Waals surface area (Å²) in [6, 6.07) is 22.7. The number of para-hydroxylation sites is 1. The number of nitro groups is 1. The highest BCUT2D eigenvalue weighted by molar-refractivity contribution is 5.87. The number of ether oxygens (including phenoxy) is 2. The van der Waals surface area contributed by atoms with Crippen LogP contribution in [-0.4, -0.2) is 66.8 Å². The Balaban J connectivity index is 1.43. The molecular formula is C31H34N4O5. The first kappa shape index (κ1) is 27.4. The molecule has 208 valence electrons. The van der Waals surface area contributed by atoms with Gasteiger partial charge in [-0.2, -0.15) is 0 Å². The zero-order valence-corrected chi connectivity index (χ0v) is 22.6. The molecule has 1 aliphatic rings. The quantitative estimate of drug-likeness (QED) is 0.220. The van der Waals surface area contributed by atoms with Gasteiger partial charge in [0.05, 0.1) is 25.2 Å². The fourth-order valence-electron chi connectivity index (χ4n) is 5.28. The predicted molar refractivity (Wildman–Crippen MR) is 154 cm³/mol. The number of nitrogens with zero attached hydrogens (tertiary/aromatic N) is 3. The van der Waals surface area contributed by atoms with E-state index in [4.69, 9.17) is 9.47 Å². The molecule has 0 radical (unpaired) electrons. The van der Waals surface area contributed by atoms with Gasteiger partial charge in [0.1, 0.15) is 5.75 Å². The van der Waals surface area contributed by atoms with Crippen molar-refractivity contribution in [2.75, 3.05) is 46.5 Å². The molecule has 0 saturated carbocycles. The van der Waals surface area contributed by atoms with E-state index in [0.29, 0.717) is 13.1 Å². The van der Waals surface area contributed by atoms with E-state index in [1.54, 1.807) is 19.2 Å². The van der Waals surface area contributed by atoms with Crippen molar-refractivity contribution in [2.24, 2.45) is 0 Å². The third kappa shape index (κ3) is 6.50. The van der Waals surface area contributed by atoms with Gasteiger partial charge in [0.15, 0.2) is 0 Å². The van der Waals surface area contributed by atoms with Crippen molar-refractivity contribution < 1.29 is 19.2 Å². The van der Waals surface area contributed by atoms with Crippen LogP contribution in [0, 0.1) is 10.1 Å². The first-order valence-corrected chi connectivity index (χ1v) is 13.5. The van der Waals surface area contributed by atoms with Gasteiger partial charge in [-0.05, 0) is 34.9 Å². The summed E-state index contributed by atoms with van der Waals surface area (Å²) in [7, 11) is 1.65. The van der Waals surface area contributed by atoms with Gasteiger partial charge in [0.2, 0.25) is 5.91 Å². The van der Waals surface area contributed by atoms with Crippen molar-refractivity contribution in [1.82, 2.24) is 14.8 Å². The Labute approximate surface area is 233 Å². The van der Waals surface area contributed by atoms with Gasteiger partial charge in [-0.25, -0.2) is 0 Å². The first-order valence-electron chi connectivity index (χ1n) is 13.5. The molecule has 1 saturated heterocycles. The summed E-state index contributed by atoms with van der Waals surface area (Å²) in [6.07, 6.45) is 2.35. The number of hydrogen-bond acceptors (Lipinski definition) is 6. The molecule has 1 fully saturated rings. The molecule has 1 aromatic heterocycles. The second-order valence-corrected chi connectivity index (χ2v) is 9.99. The lowest BCUT2D eigenvalue weighted by atomic mass is 9.88. The van der Waals surface area contributed by atoms with Crippen molar-refractivity contribution in [3.8, 4) is 5.75 Å². The second-order valence-electron chi connectivity index (χ2n) is 9.99. The van der Waals surface area contributed by atoms with Crippen LogP contribution in [-0.2, 0) is 16.1 Å². The maximum absolute atomic E-state index is 13.2. The Hall–Kier alpha value is -4.21. The Morgan fingerprint density at radius 2 is 1.77 bits per heavy atom. The molecule has 1 N–H and O–H groups in total. The van der Waals surface area contributed by atoms with Crippen molar-refractivity contribution in [1.29, 1.82) is 0 Å². The van der Waals surface area contributed by atoms with E-state index in [0.717, 1.165) is 66.2 Å². The molecule has 2 heterocycles. The fourth-order valence-corrected chi connectivity index (χ4v) is 5.28. The Morgan fingerprint density at radius 3 is 2.48 bits per heavy atom. The molecule has 9 heteroatoms. The maximum atomic E-state index is 13.2. The molecule has 40 heavy (non-hydrogen) atoms. The van der Waals surface area contributed by atoms with E-state index >= 15 is 0 Å². The molecule has 1 atom stereocenters. The summed E-state index contributed by atoms with van der Waals surface area (Å²) < 4.78 is 12.9. The molecule has 0 spiro atoms. The van der Waals surface area contributed by atoms with Crippen molar-refractivity contribution >= 4 is 22.5 Å². The maximum Gasteiger partial charge on any atom is 0.269 e. The fraction of sp³-hybridized carbons (Fsp3) is 0.323. The average Bonchev–Trinajstić information content (AvgIpc) is 3.35. The summed E-state index contributed by atoms with van der Waals surface area (Å²) in [5.41, 5.74) is 4.09. The summed E-state index contributed by atoms with van der Waals surface area (Å²) >= 11 is 0.